The van der Waals surface area contributed by atoms with E-state index in [0.717, 1.165) is 9.37 Å². The standard InChI is InChI=1S/C19H17BrN4O4/c20-14-5-2-4-13(8-14)18(27)21-9-16(25)23-15-6-1-3-12(7-15)11-24-17(26)10-22-19(24)28/h1-8H,9-11H2,(H,21,27)(H,22,28)(H,23,25). The Labute approximate surface area is 169 Å². The van der Waals surface area contributed by atoms with Crippen LogP contribution in [0.25, 0.3) is 0 Å². The lowest BCUT2D eigenvalue weighted by Crippen LogP contribution is -2.33. The van der Waals surface area contributed by atoms with Crippen molar-refractivity contribution in [1.82, 2.24) is 15.5 Å². The van der Waals surface area contributed by atoms with Gasteiger partial charge in [0, 0.05) is 15.7 Å². The molecule has 144 valence electrons. The van der Waals surface area contributed by atoms with Gasteiger partial charge >= 0.3 is 6.03 Å². The molecular weight excluding hydrogens is 428 g/mol. The van der Waals surface area contributed by atoms with Gasteiger partial charge in [0.15, 0.2) is 0 Å². The number of anilines is 1. The van der Waals surface area contributed by atoms with E-state index in [1.807, 2.05) is 0 Å². The molecule has 28 heavy (non-hydrogen) atoms. The van der Waals surface area contributed by atoms with Crippen LogP contribution in [0.1, 0.15) is 15.9 Å². The van der Waals surface area contributed by atoms with Gasteiger partial charge in [0.25, 0.3) is 5.91 Å². The second-order valence-corrected chi connectivity index (χ2v) is 7.00. The second kappa shape index (κ2) is 8.66. The van der Waals surface area contributed by atoms with Crippen LogP contribution in [-0.2, 0) is 16.1 Å². The minimum atomic E-state index is -0.435. The maximum absolute atomic E-state index is 12.1. The lowest BCUT2D eigenvalue weighted by Gasteiger charge is -2.13. The Bertz CT molecular complexity index is 931. The van der Waals surface area contributed by atoms with Gasteiger partial charge in [-0.1, -0.05) is 34.1 Å². The summed E-state index contributed by atoms with van der Waals surface area (Å²) < 4.78 is 0.770. The average Bonchev–Trinajstić information content (AvgIpc) is 2.98. The van der Waals surface area contributed by atoms with Crippen LogP contribution < -0.4 is 16.0 Å². The van der Waals surface area contributed by atoms with E-state index >= 15 is 0 Å². The largest absolute Gasteiger partial charge is 0.343 e. The first kappa shape index (κ1) is 19.6. The van der Waals surface area contributed by atoms with E-state index in [-0.39, 0.29) is 31.4 Å². The molecule has 0 bridgehead atoms. The summed E-state index contributed by atoms with van der Waals surface area (Å²) in [5.74, 6) is -1.05. The third-order valence-electron chi connectivity index (χ3n) is 3.98. The van der Waals surface area contributed by atoms with Crippen molar-refractivity contribution in [2.75, 3.05) is 18.4 Å². The number of hydrogen-bond donors (Lipinski definition) is 3. The molecule has 0 unspecified atom stereocenters. The Balaban J connectivity index is 1.55. The normalized spacial score (nSPS) is 13.2. The fraction of sp³-hybridized carbons (Fsp3) is 0.158. The minimum absolute atomic E-state index is 0.00700. The summed E-state index contributed by atoms with van der Waals surface area (Å²) in [4.78, 5) is 48.6. The van der Waals surface area contributed by atoms with Crippen molar-refractivity contribution in [3.8, 4) is 0 Å². The van der Waals surface area contributed by atoms with Gasteiger partial charge in [0.2, 0.25) is 11.8 Å². The molecule has 0 atom stereocenters. The molecule has 2 aromatic rings. The third kappa shape index (κ3) is 4.95. The molecule has 8 nitrogen and oxygen atoms in total. The summed E-state index contributed by atoms with van der Waals surface area (Å²) in [6.07, 6.45) is 0. The highest BCUT2D eigenvalue weighted by atomic mass is 79.9. The first-order valence-corrected chi connectivity index (χ1v) is 9.22. The van der Waals surface area contributed by atoms with Crippen LogP contribution in [0.4, 0.5) is 10.5 Å². The molecule has 0 aromatic heterocycles. The van der Waals surface area contributed by atoms with Crippen LogP contribution in [0.5, 0.6) is 0 Å². The number of nitrogens with zero attached hydrogens (tertiary/aromatic N) is 1. The number of halogens is 1. The summed E-state index contributed by atoms with van der Waals surface area (Å²) in [7, 11) is 0. The maximum Gasteiger partial charge on any atom is 0.324 e. The molecule has 1 aliphatic heterocycles. The molecule has 9 heteroatoms. The molecule has 0 radical (unpaired) electrons. The van der Waals surface area contributed by atoms with Crippen molar-refractivity contribution in [1.29, 1.82) is 0 Å². The van der Waals surface area contributed by atoms with Gasteiger partial charge in [0.1, 0.15) is 0 Å². The summed E-state index contributed by atoms with van der Waals surface area (Å²) >= 11 is 3.29. The van der Waals surface area contributed by atoms with Crippen molar-refractivity contribution in [3.05, 3.63) is 64.1 Å². The van der Waals surface area contributed by atoms with E-state index in [1.54, 1.807) is 48.5 Å². The summed E-state index contributed by atoms with van der Waals surface area (Å²) in [5.41, 5.74) is 1.64. The molecule has 1 fully saturated rings. The van der Waals surface area contributed by atoms with E-state index in [0.29, 0.717) is 16.8 Å². The van der Waals surface area contributed by atoms with Crippen LogP contribution in [0, 0.1) is 0 Å². The van der Waals surface area contributed by atoms with Gasteiger partial charge in [-0.3, -0.25) is 19.3 Å². The lowest BCUT2D eigenvalue weighted by atomic mass is 10.2. The number of nitrogens with one attached hydrogen (secondary N) is 3. The van der Waals surface area contributed by atoms with Gasteiger partial charge < -0.3 is 16.0 Å². The Morgan fingerprint density at radius 1 is 1.11 bits per heavy atom. The van der Waals surface area contributed by atoms with Gasteiger partial charge in [-0.25, -0.2) is 4.79 Å². The first-order valence-electron chi connectivity index (χ1n) is 8.43. The molecule has 1 heterocycles. The fourth-order valence-corrected chi connectivity index (χ4v) is 3.04. The summed E-state index contributed by atoms with van der Waals surface area (Å²) in [5, 5.41) is 7.69. The number of rotatable bonds is 6. The molecule has 0 spiro atoms. The van der Waals surface area contributed by atoms with Gasteiger partial charge in [-0.15, -0.1) is 0 Å². The van der Waals surface area contributed by atoms with Crippen molar-refractivity contribution in [3.63, 3.8) is 0 Å². The van der Waals surface area contributed by atoms with E-state index < -0.39 is 11.9 Å². The minimum Gasteiger partial charge on any atom is -0.343 e. The van der Waals surface area contributed by atoms with Crippen LogP contribution >= 0.6 is 15.9 Å². The summed E-state index contributed by atoms with van der Waals surface area (Å²) in [6, 6.07) is 13.2. The van der Waals surface area contributed by atoms with Crippen molar-refractivity contribution >= 4 is 45.4 Å². The topological polar surface area (TPSA) is 108 Å². The lowest BCUT2D eigenvalue weighted by molar-refractivity contribution is -0.125. The highest BCUT2D eigenvalue weighted by Gasteiger charge is 2.28. The predicted molar refractivity (Wildman–Crippen MR) is 105 cm³/mol. The van der Waals surface area contributed by atoms with E-state index in [9.17, 15) is 19.2 Å². The highest BCUT2D eigenvalue weighted by Crippen LogP contribution is 2.14. The highest BCUT2D eigenvalue weighted by molar-refractivity contribution is 9.10. The van der Waals surface area contributed by atoms with E-state index in [4.69, 9.17) is 0 Å². The molecule has 0 saturated carbocycles. The van der Waals surface area contributed by atoms with Gasteiger partial charge in [-0.05, 0) is 35.9 Å². The van der Waals surface area contributed by atoms with Crippen molar-refractivity contribution < 1.29 is 19.2 Å². The fourth-order valence-electron chi connectivity index (χ4n) is 2.64. The maximum atomic E-state index is 12.1. The zero-order valence-electron chi connectivity index (χ0n) is 14.7. The summed E-state index contributed by atoms with van der Waals surface area (Å²) in [6.45, 7) is -0.0798. The van der Waals surface area contributed by atoms with Crippen LogP contribution in [0.15, 0.2) is 53.0 Å². The Morgan fingerprint density at radius 2 is 1.89 bits per heavy atom. The monoisotopic (exact) mass is 444 g/mol. The molecule has 5 amide bonds. The van der Waals surface area contributed by atoms with Crippen molar-refractivity contribution in [2.45, 2.75) is 6.54 Å². The van der Waals surface area contributed by atoms with Gasteiger partial charge in [0.05, 0.1) is 19.6 Å². The molecule has 0 aliphatic carbocycles. The quantitative estimate of drug-likeness (QED) is 0.590. The SMILES string of the molecule is O=C(CNC(=O)c1cccc(Br)c1)Nc1cccc(CN2C(=O)CNC2=O)c1. The number of imide groups is 1. The van der Waals surface area contributed by atoms with Gasteiger partial charge in [-0.2, -0.15) is 0 Å². The molecule has 1 aliphatic rings. The molecular formula is C19H17BrN4O4. The molecule has 3 rings (SSSR count). The zero-order chi connectivity index (χ0) is 20.1. The van der Waals surface area contributed by atoms with Crippen LogP contribution in [0.3, 0.4) is 0 Å². The van der Waals surface area contributed by atoms with E-state index in [2.05, 4.69) is 31.9 Å². The number of urea groups is 1. The van der Waals surface area contributed by atoms with Crippen LogP contribution in [0.2, 0.25) is 0 Å². The average molecular weight is 445 g/mol. The predicted octanol–water partition coefficient (Wildman–Crippen LogP) is 1.87. The Kier molecular flexibility index (Phi) is 6.05. The number of benzene rings is 2. The second-order valence-electron chi connectivity index (χ2n) is 6.08. The number of amides is 5. The Hall–Kier alpha value is -3.20. The number of hydrogen-bond acceptors (Lipinski definition) is 4. The van der Waals surface area contributed by atoms with Crippen LogP contribution in [-0.4, -0.2) is 41.7 Å². The zero-order valence-corrected chi connectivity index (χ0v) is 16.3. The first-order chi connectivity index (χ1) is 13.4. The molecule has 2 aromatic carbocycles. The third-order valence-corrected chi connectivity index (χ3v) is 4.48. The smallest absolute Gasteiger partial charge is 0.324 e. The molecule has 3 N–H and O–H groups in total. The van der Waals surface area contributed by atoms with E-state index in [1.165, 1.54) is 0 Å². The Morgan fingerprint density at radius 3 is 2.61 bits per heavy atom. The van der Waals surface area contributed by atoms with Crippen molar-refractivity contribution in [2.24, 2.45) is 0 Å². The number of carbonyl (C=O) groups excluding carboxylic acids is 4. The molecule has 1 saturated heterocycles. The number of carbonyl (C=O) groups is 4.